The van der Waals surface area contributed by atoms with E-state index in [1.54, 1.807) is 0 Å². The van der Waals surface area contributed by atoms with E-state index >= 15 is 0 Å². The van der Waals surface area contributed by atoms with Gasteiger partial charge in [-0.25, -0.2) is 0 Å². The van der Waals surface area contributed by atoms with E-state index < -0.39 is 0 Å². The van der Waals surface area contributed by atoms with Crippen LogP contribution in [0.3, 0.4) is 0 Å². The predicted octanol–water partition coefficient (Wildman–Crippen LogP) is 15.0. The molecule has 7 aromatic rings. The fourth-order valence-corrected chi connectivity index (χ4v) is 9.37. The highest BCUT2D eigenvalue weighted by Gasteiger charge is 2.27. The first-order valence-corrected chi connectivity index (χ1v) is 19.4. The van der Waals surface area contributed by atoms with Crippen LogP contribution in [-0.4, -0.2) is 0 Å². The zero-order chi connectivity index (χ0) is 34.6. The van der Waals surface area contributed by atoms with Gasteiger partial charge in [0.15, 0.2) is 0 Å². The number of thiophene rings is 1. The average molecular weight is 672 g/mol. The second-order valence-electron chi connectivity index (χ2n) is 16.5. The fraction of sp³-hybridized carbons (Fsp3) is 0.292. The third-order valence-electron chi connectivity index (χ3n) is 10.9. The summed E-state index contributed by atoms with van der Waals surface area (Å²) >= 11 is 1.91. The summed E-state index contributed by atoms with van der Waals surface area (Å²) in [5.41, 5.74) is 10.5. The predicted molar refractivity (Wildman–Crippen MR) is 220 cm³/mol. The van der Waals surface area contributed by atoms with Gasteiger partial charge in [0.2, 0.25) is 0 Å². The Hall–Kier alpha value is -4.40. The Balaban J connectivity index is 1.45. The minimum atomic E-state index is -0.00461. The van der Waals surface area contributed by atoms with Crippen LogP contribution in [0.2, 0.25) is 0 Å². The van der Waals surface area contributed by atoms with E-state index in [9.17, 15) is 0 Å². The molecule has 50 heavy (non-hydrogen) atoms. The van der Waals surface area contributed by atoms with Gasteiger partial charge in [0.05, 0.1) is 16.1 Å². The van der Waals surface area contributed by atoms with E-state index in [0.29, 0.717) is 5.92 Å². The molecule has 0 atom stereocenters. The van der Waals surface area contributed by atoms with Crippen molar-refractivity contribution in [3.8, 4) is 11.1 Å². The van der Waals surface area contributed by atoms with Gasteiger partial charge in [0.1, 0.15) is 0 Å². The number of fused-ring (bicyclic) bond motifs is 4. The van der Waals surface area contributed by atoms with Crippen molar-refractivity contribution in [2.45, 2.75) is 90.4 Å². The molecule has 0 amide bonds. The molecule has 1 fully saturated rings. The van der Waals surface area contributed by atoms with Gasteiger partial charge < -0.3 is 4.90 Å². The number of anilines is 3. The minimum Gasteiger partial charge on any atom is -0.308 e. The smallest absolute Gasteiger partial charge is 0.0640 e. The lowest BCUT2D eigenvalue weighted by Crippen LogP contribution is -2.19. The summed E-state index contributed by atoms with van der Waals surface area (Å²) in [6.45, 7) is 14.0. The van der Waals surface area contributed by atoms with Crippen molar-refractivity contribution in [3.05, 3.63) is 138 Å². The number of hydrogen-bond donors (Lipinski definition) is 0. The molecule has 0 unspecified atom stereocenters. The summed E-state index contributed by atoms with van der Waals surface area (Å²) in [4.78, 5) is 2.58. The Labute approximate surface area is 302 Å². The van der Waals surface area contributed by atoms with Crippen molar-refractivity contribution in [3.63, 3.8) is 0 Å². The van der Waals surface area contributed by atoms with E-state index in [-0.39, 0.29) is 10.8 Å². The molecule has 1 heterocycles. The summed E-state index contributed by atoms with van der Waals surface area (Å²) < 4.78 is 2.65. The first-order valence-electron chi connectivity index (χ1n) is 18.6. The van der Waals surface area contributed by atoms with Gasteiger partial charge in [-0.2, -0.15) is 0 Å². The number of hydrogen-bond acceptors (Lipinski definition) is 2. The molecule has 6 aromatic carbocycles. The van der Waals surface area contributed by atoms with Gasteiger partial charge in [-0.3, -0.25) is 0 Å². The number of rotatable bonds is 5. The van der Waals surface area contributed by atoms with Crippen LogP contribution in [-0.2, 0) is 10.8 Å². The van der Waals surface area contributed by atoms with Gasteiger partial charge >= 0.3 is 0 Å². The van der Waals surface area contributed by atoms with Crippen molar-refractivity contribution in [2.75, 3.05) is 4.90 Å². The molecule has 0 bridgehead atoms. The molecule has 0 aliphatic heterocycles. The van der Waals surface area contributed by atoms with Crippen LogP contribution < -0.4 is 4.90 Å². The molecule has 8 rings (SSSR count). The van der Waals surface area contributed by atoms with E-state index in [4.69, 9.17) is 0 Å². The molecule has 1 saturated carbocycles. The second-order valence-corrected chi connectivity index (χ2v) is 17.5. The zero-order valence-electron chi connectivity index (χ0n) is 30.5. The van der Waals surface area contributed by atoms with Crippen molar-refractivity contribution in [2.24, 2.45) is 0 Å². The van der Waals surface area contributed by atoms with Crippen LogP contribution in [0.1, 0.15) is 96.3 Å². The lowest BCUT2D eigenvalue weighted by molar-refractivity contribution is 0.445. The first-order chi connectivity index (χ1) is 24.1. The SMILES string of the molecule is CC(C)(C)c1cc(N(c2ccccc2-c2cccc3cccc(C4CCCCC4)c23)c2cccc3c2sc2ccccc23)cc(C(C)(C)C)c1. The Morgan fingerprint density at radius 3 is 1.90 bits per heavy atom. The topological polar surface area (TPSA) is 3.24 Å². The molecule has 1 nitrogen and oxygen atoms in total. The van der Waals surface area contributed by atoms with E-state index in [0.717, 1.165) is 0 Å². The summed E-state index contributed by atoms with van der Waals surface area (Å²) in [6.07, 6.45) is 6.58. The molecular formula is C48H49NS. The molecule has 1 aliphatic rings. The largest absolute Gasteiger partial charge is 0.308 e. The molecule has 0 N–H and O–H groups in total. The highest BCUT2D eigenvalue weighted by molar-refractivity contribution is 7.26. The molecule has 0 radical (unpaired) electrons. The summed E-state index contributed by atoms with van der Waals surface area (Å²) in [5.74, 6) is 0.613. The highest BCUT2D eigenvalue weighted by Crippen LogP contribution is 2.50. The van der Waals surface area contributed by atoms with E-state index in [1.807, 2.05) is 11.3 Å². The van der Waals surface area contributed by atoms with E-state index in [2.05, 4.69) is 168 Å². The second kappa shape index (κ2) is 12.7. The summed E-state index contributed by atoms with van der Waals surface area (Å²) in [5, 5.41) is 5.41. The number of para-hydroxylation sites is 1. The normalized spacial score (nSPS) is 14.5. The Morgan fingerprint density at radius 2 is 1.16 bits per heavy atom. The van der Waals surface area contributed by atoms with Crippen LogP contribution in [0.4, 0.5) is 17.1 Å². The molecule has 1 aromatic heterocycles. The third-order valence-corrected chi connectivity index (χ3v) is 12.2. The number of nitrogens with zero attached hydrogens (tertiary/aromatic N) is 1. The van der Waals surface area contributed by atoms with Crippen LogP contribution >= 0.6 is 11.3 Å². The molecule has 252 valence electrons. The lowest BCUT2D eigenvalue weighted by Gasteiger charge is -2.33. The lowest BCUT2D eigenvalue weighted by atomic mass is 9.80. The fourth-order valence-electron chi connectivity index (χ4n) is 8.17. The molecule has 0 spiro atoms. The maximum Gasteiger partial charge on any atom is 0.0640 e. The Bertz CT molecular complexity index is 2300. The highest BCUT2D eigenvalue weighted by atomic mass is 32.1. The molecular weight excluding hydrogens is 623 g/mol. The van der Waals surface area contributed by atoms with Crippen molar-refractivity contribution < 1.29 is 0 Å². The van der Waals surface area contributed by atoms with Crippen molar-refractivity contribution >= 4 is 59.3 Å². The standard InChI is InChI=1S/C48H49NS/c1-47(2,3)34-29-35(48(4,5)6)31-36(30-34)49(43-27-16-25-41-39-22-11-13-28-44(39)50-46(41)43)42-26-12-10-21-38(42)40-24-15-20-33-19-14-23-37(45(33)40)32-17-8-7-9-18-32/h10-16,19-32H,7-9,17-18H2,1-6H3. The first kappa shape index (κ1) is 32.8. The summed E-state index contributed by atoms with van der Waals surface area (Å²) in [6, 6.07) is 46.2. The van der Waals surface area contributed by atoms with Gasteiger partial charge in [0, 0.05) is 26.7 Å². The molecule has 2 heteroatoms. The van der Waals surface area contributed by atoms with Gasteiger partial charge in [-0.1, -0.05) is 152 Å². The minimum absolute atomic E-state index is 0.00461. The van der Waals surface area contributed by atoms with Crippen LogP contribution in [0.5, 0.6) is 0 Å². The van der Waals surface area contributed by atoms with Crippen LogP contribution in [0.15, 0.2) is 121 Å². The van der Waals surface area contributed by atoms with Gasteiger partial charge in [0.25, 0.3) is 0 Å². The monoisotopic (exact) mass is 671 g/mol. The average Bonchev–Trinajstić information content (AvgIpc) is 3.51. The molecule has 1 aliphatic carbocycles. The van der Waals surface area contributed by atoms with Crippen molar-refractivity contribution in [1.29, 1.82) is 0 Å². The number of benzene rings is 6. The maximum absolute atomic E-state index is 2.58. The zero-order valence-corrected chi connectivity index (χ0v) is 31.3. The quantitative estimate of drug-likeness (QED) is 0.176. The Kier molecular flexibility index (Phi) is 8.35. The van der Waals surface area contributed by atoms with Crippen LogP contribution in [0, 0.1) is 0 Å². The molecule has 0 saturated heterocycles. The van der Waals surface area contributed by atoms with Gasteiger partial charge in [-0.15, -0.1) is 11.3 Å². The van der Waals surface area contributed by atoms with Crippen molar-refractivity contribution in [1.82, 2.24) is 0 Å². The van der Waals surface area contributed by atoms with E-state index in [1.165, 1.54) is 108 Å². The summed E-state index contributed by atoms with van der Waals surface area (Å²) in [7, 11) is 0. The Morgan fingerprint density at radius 1 is 0.560 bits per heavy atom. The third kappa shape index (κ3) is 5.92. The van der Waals surface area contributed by atoms with Gasteiger partial charge in [-0.05, 0) is 92.9 Å². The maximum atomic E-state index is 2.58. The van der Waals surface area contributed by atoms with Crippen LogP contribution in [0.25, 0.3) is 42.1 Å².